The lowest BCUT2D eigenvalue weighted by Gasteiger charge is -2.25. The summed E-state index contributed by atoms with van der Waals surface area (Å²) in [5.41, 5.74) is 5.20. The van der Waals surface area contributed by atoms with E-state index in [2.05, 4.69) is 50.4 Å². The predicted molar refractivity (Wildman–Crippen MR) is 166 cm³/mol. The number of amides is 1. The number of aromatic nitrogens is 2. The summed E-state index contributed by atoms with van der Waals surface area (Å²) < 4.78 is 12.9. The predicted octanol–water partition coefficient (Wildman–Crippen LogP) is 6.85. The minimum atomic E-state index is -1.11. The maximum Gasteiger partial charge on any atom is 0.349 e. The van der Waals surface area contributed by atoms with Crippen LogP contribution in [0.25, 0.3) is 11.3 Å². The van der Waals surface area contributed by atoms with E-state index in [1.165, 1.54) is 5.56 Å². The highest BCUT2D eigenvalue weighted by Gasteiger charge is 2.32. The van der Waals surface area contributed by atoms with Gasteiger partial charge in [-0.15, -0.1) is 0 Å². The van der Waals surface area contributed by atoms with Crippen molar-refractivity contribution < 1.29 is 19.1 Å². The molecule has 0 spiro atoms. The van der Waals surface area contributed by atoms with Gasteiger partial charge < -0.3 is 14.8 Å². The minimum Gasteiger partial charge on any atom is -0.476 e. The monoisotopic (exact) mass is 567 g/mol. The van der Waals surface area contributed by atoms with Gasteiger partial charge in [-0.1, -0.05) is 87.5 Å². The van der Waals surface area contributed by atoms with Crippen molar-refractivity contribution in [1.82, 2.24) is 15.1 Å². The molecule has 1 N–H and O–H groups in total. The van der Waals surface area contributed by atoms with Crippen LogP contribution in [0.2, 0.25) is 0 Å². The standard InChI is InChI=1S/C35H41N3O4/c1-8-41-33(40)35(6,7)42-31-19-14-26(20-24(31)2)22-36-32(39)30-21-29(27-15-17-28(18-16-27)34(3,4)5)37-38(30)23-25-12-10-9-11-13-25/h9-21H,8,22-23H2,1-7H3,(H,36,39). The summed E-state index contributed by atoms with van der Waals surface area (Å²) in [7, 11) is 0. The molecule has 0 saturated carbocycles. The van der Waals surface area contributed by atoms with E-state index in [9.17, 15) is 9.59 Å². The molecule has 0 unspecified atom stereocenters. The molecule has 1 aromatic heterocycles. The Morgan fingerprint density at radius 1 is 0.881 bits per heavy atom. The fourth-order valence-corrected chi connectivity index (χ4v) is 4.59. The lowest BCUT2D eigenvalue weighted by molar-refractivity contribution is -0.158. The summed E-state index contributed by atoms with van der Waals surface area (Å²) in [6.07, 6.45) is 0. The molecule has 0 fully saturated rings. The van der Waals surface area contributed by atoms with Gasteiger partial charge in [0.15, 0.2) is 5.60 Å². The van der Waals surface area contributed by atoms with E-state index in [1.54, 1.807) is 25.5 Å². The van der Waals surface area contributed by atoms with E-state index in [1.807, 2.05) is 61.5 Å². The minimum absolute atomic E-state index is 0.0516. The average Bonchev–Trinajstić information content (AvgIpc) is 3.37. The van der Waals surface area contributed by atoms with Gasteiger partial charge in [-0.3, -0.25) is 9.48 Å². The van der Waals surface area contributed by atoms with Crippen LogP contribution in [0, 0.1) is 6.92 Å². The second kappa shape index (κ2) is 12.6. The van der Waals surface area contributed by atoms with Gasteiger partial charge in [-0.25, -0.2) is 4.79 Å². The Labute approximate surface area is 248 Å². The normalized spacial score (nSPS) is 11.7. The number of benzene rings is 3. The number of rotatable bonds is 10. The van der Waals surface area contributed by atoms with Crippen LogP contribution >= 0.6 is 0 Å². The Bertz CT molecular complexity index is 1530. The molecule has 0 aliphatic rings. The first-order valence-electron chi connectivity index (χ1n) is 14.3. The van der Waals surface area contributed by atoms with Crippen molar-refractivity contribution in [3.05, 3.63) is 107 Å². The molecule has 7 nitrogen and oxygen atoms in total. The van der Waals surface area contributed by atoms with Crippen molar-refractivity contribution in [2.45, 2.75) is 72.6 Å². The SMILES string of the molecule is CCOC(=O)C(C)(C)Oc1ccc(CNC(=O)c2cc(-c3ccc(C(C)(C)C)cc3)nn2Cc2ccccc2)cc1C. The molecule has 0 aliphatic carbocycles. The van der Waals surface area contributed by atoms with Crippen LogP contribution in [0.4, 0.5) is 0 Å². The van der Waals surface area contributed by atoms with Crippen LogP contribution < -0.4 is 10.1 Å². The first-order chi connectivity index (χ1) is 19.9. The van der Waals surface area contributed by atoms with Gasteiger partial charge in [0.05, 0.1) is 18.8 Å². The summed E-state index contributed by atoms with van der Waals surface area (Å²) in [6.45, 7) is 14.7. The lowest BCUT2D eigenvalue weighted by atomic mass is 9.86. The molecule has 0 bridgehead atoms. The Hall–Kier alpha value is -4.39. The number of ether oxygens (including phenoxy) is 2. The number of nitrogens with one attached hydrogen (secondary N) is 1. The van der Waals surface area contributed by atoms with Gasteiger partial charge in [0.25, 0.3) is 5.91 Å². The van der Waals surface area contributed by atoms with Gasteiger partial charge in [-0.2, -0.15) is 5.10 Å². The van der Waals surface area contributed by atoms with E-state index in [0.717, 1.165) is 27.9 Å². The van der Waals surface area contributed by atoms with Gasteiger partial charge >= 0.3 is 5.97 Å². The summed E-state index contributed by atoms with van der Waals surface area (Å²) in [5.74, 6) is -0.0408. The molecule has 220 valence electrons. The van der Waals surface area contributed by atoms with Crippen molar-refractivity contribution in [3.8, 4) is 17.0 Å². The fraction of sp³-hybridized carbons (Fsp3) is 0.343. The van der Waals surface area contributed by atoms with E-state index >= 15 is 0 Å². The Kier molecular flexibility index (Phi) is 9.20. The van der Waals surface area contributed by atoms with Crippen molar-refractivity contribution >= 4 is 11.9 Å². The third-order valence-corrected chi connectivity index (χ3v) is 7.06. The quantitative estimate of drug-likeness (QED) is 0.212. The van der Waals surface area contributed by atoms with Crippen molar-refractivity contribution in [3.63, 3.8) is 0 Å². The molecule has 0 aliphatic heterocycles. The third kappa shape index (κ3) is 7.46. The van der Waals surface area contributed by atoms with Crippen molar-refractivity contribution in [2.24, 2.45) is 0 Å². The van der Waals surface area contributed by atoms with Crippen molar-refractivity contribution in [2.75, 3.05) is 6.61 Å². The van der Waals surface area contributed by atoms with Crippen LogP contribution in [-0.4, -0.2) is 33.9 Å². The zero-order valence-corrected chi connectivity index (χ0v) is 25.7. The first-order valence-corrected chi connectivity index (χ1v) is 14.3. The highest BCUT2D eigenvalue weighted by atomic mass is 16.6. The van der Waals surface area contributed by atoms with Crippen LogP contribution in [-0.2, 0) is 28.0 Å². The Morgan fingerprint density at radius 2 is 1.57 bits per heavy atom. The van der Waals surface area contributed by atoms with Gasteiger partial charge in [0.2, 0.25) is 0 Å². The smallest absolute Gasteiger partial charge is 0.349 e. The van der Waals surface area contributed by atoms with Gasteiger partial charge in [0, 0.05) is 12.1 Å². The van der Waals surface area contributed by atoms with Crippen LogP contribution in [0.5, 0.6) is 5.75 Å². The molecule has 4 rings (SSSR count). The van der Waals surface area contributed by atoms with E-state index in [-0.39, 0.29) is 11.3 Å². The fourth-order valence-electron chi connectivity index (χ4n) is 4.59. The largest absolute Gasteiger partial charge is 0.476 e. The molecule has 1 amide bonds. The number of carbonyl (C=O) groups excluding carboxylic acids is 2. The highest BCUT2D eigenvalue weighted by molar-refractivity contribution is 5.93. The molecule has 0 radical (unpaired) electrons. The van der Waals surface area contributed by atoms with Crippen LogP contribution in [0.3, 0.4) is 0 Å². The zero-order valence-electron chi connectivity index (χ0n) is 25.7. The molecule has 0 atom stereocenters. The second-order valence-corrected chi connectivity index (χ2v) is 12.0. The van der Waals surface area contributed by atoms with Crippen molar-refractivity contribution in [1.29, 1.82) is 0 Å². The van der Waals surface area contributed by atoms with Crippen LogP contribution in [0.15, 0.2) is 78.9 Å². The summed E-state index contributed by atoms with van der Waals surface area (Å²) in [6, 6.07) is 25.8. The Balaban J connectivity index is 1.53. The average molecular weight is 568 g/mol. The third-order valence-electron chi connectivity index (χ3n) is 7.06. The Morgan fingerprint density at radius 3 is 2.19 bits per heavy atom. The maximum absolute atomic E-state index is 13.5. The number of carbonyl (C=O) groups is 2. The maximum atomic E-state index is 13.5. The number of hydrogen-bond acceptors (Lipinski definition) is 5. The topological polar surface area (TPSA) is 82.4 Å². The number of nitrogens with zero attached hydrogens (tertiary/aromatic N) is 2. The molecule has 42 heavy (non-hydrogen) atoms. The summed E-state index contributed by atoms with van der Waals surface area (Å²) in [4.78, 5) is 25.7. The highest BCUT2D eigenvalue weighted by Crippen LogP contribution is 2.27. The van der Waals surface area contributed by atoms with E-state index in [4.69, 9.17) is 14.6 Å². The molecular weight excluding hydrogens is 526 g/mol. The summed E-state index contributed by atoms with van der Waals surface area (Å²) >= 11 is 0. The zero-order chi connectivity index (χ0) is 30.5. The van der Waals surface area contributed by atoms with Gasteiger partial charge in [-0.05, 0) is 67.5 Å². The molecule has 1 heterocycles. The van der Waals surface area contributed by atoms with E-state index < -0.39 is 11.6 Å². The molecule has 4 aromatic rings. The summed E-state index contributed by atoms with van der Waals surface area (Å²) in [5, 5.41) is 7.88. The molecule has 3 aromatic carbocycles. The van der Waals surface area contributed by atoms with Crippen LogP contribution in [0.1, 0.15) is 74.3 Å². The lowest BCUT2D eigenvalue weighted by Crippen LogP contribution is -2.39. The molecule has 0 saturated heterocycles. The second-order valence-electron chi connectivity index (χ2n) is 12.0. The number of hydrogen-bond donors (Lipinski definition) is 1. The molecule has 7 heteroatoms. The number of esters is 1. The molecular formula is C35H41N3O4. The van der Waals surface area contributed by atoms with Gasteiger partial charge in [0.1, 0.15) is 11.4 Å². The van der Waals surface area contributed by atoms with E-state index in [0.29, 0.717) is 31.1 Å². The first kappa shape index (κ1) is 30.6. The number of aryl methyl sites for hydroxylation is 1.